The quantitative estimate of drug-likeness (QED) is 0.626. The van der Waals surface area contributed by atoms with E-state index < -0.39 is 0 Å². The largest absolute Gasteiger partial charge is 0.313 e. The summed E-state index contributed by atoms with van der Waals surface area (Å²) in [6.45, 7) is 10.1. The second kappa shape index (κ2) is 8.20. The lowest BCUT2D eigenvalue weighted by atomic mass is 9.71. The van der Waals surface area contributed by atoms with E-state index in [0.29, 0.717) is 42.1 Å². The molecule has 1 nitrogen and oxygen atoms in total. The summed E-state index contributed by atoms with van der Waals surface area (Å²) in [5.41, 5.74) is 2.54. The molecule has 140 valence electrons. The van der Waals surface area contributed by atoms with Crippen LogP contribution >= 0.6 is 0 Å². The maximum atomic E-state index is 13.8. The van der Waals surface area contributed by atoms with Gasteiger partial charge in [-0.05, 0) is 80.4 Å². The van der Waals surface area contributed by atoms with Crippen LogP contribution in [0.1, 0.15) is 66.2 Å². The zero-order valence-electron chi connectivity index (χ0n) is 16.5. The zero-order valence-corrected chi connectivity index (χ0v) is 16.5. The summed E-state index contributed by atoms with van der Waals surface area (Å²) in [6, 6.07) is 0.523. The Morgan fingerprint density at radius 2 is 2.08 bits per heavy atom. The molecule has 0 aromatic heterocycles. The minimum Gasteiger partial charge on any atom is -0.313 e. The first-order valence-electron chi connectivity index (χ1n) is 10.5. The molecule has 0 saturated carbocycles. The molecule has 1 fully saturated rings. The van der Waals surface area contributed by atoms with Crippen LogP contribution in [0, 0.1) is 29.6 Å². The van der Waals surface area contributed by atoms with Crippen molar-refractivity contribution >= 4 is 0 Å². The Kier molecular flexibility index (Phi) is 6.20. The van der Waals surface area contributed by atoms with E-state index in [-0.39, 0.29) is 5.83 Å². The van der Waals surface area contributed by atoms with Crippen molar-refractivity contribution in [2.75, 3.05) is 6.54 Å². The molecule has 2 heteroatoms. The summed E-state index contributed by atoms with van der Waals surface area (Å²) in [5, 5.41) is 3.77. The van der Waals surface area contributed by atoms with Crippen LogP contribution in [0.2, 0.25) is 0 Å². The van der Waals surface area contributed by atoms with Crippen molar-refractivity contribution in [1.82, 2.24) is 5.32 Å². The fraction of sp³-hybridized carbons (Fsp3) is 0.739. The number of nitrogens with one attached hydrogen (secondary N) is 1. The first-order valence-corrected chi connectivity index (χ1v) is 10.5. The molecule has 25 heavy (non-hydrogen) atoms. The number of allylic oxidation sites excluding steroid dienone is 5. The molecule has 0 aromatic rings. The van der Waals surface area contributed by atoms with Crippen LogP contribution in [0.3, 0.4) is 0 Å². The van der Waals surface area contributed by atoms with Gasteiger partial charge in [0.05, 0.1) is 5.83 Å². The molecule has 5 unspecified atom stereocenters. The lowest BCUT2D eigenvalue weighted by Crippen LogP contribution is -2.37. The third-order valence-electron chi connectivity index (χ3n) is 6.78. The van der Waals surface area contributed by atoms with Gasteiger partial charge in [-0.3, -0.25) is 0 Å². The Morgan fingerprint density at radius 1 is 1.28 bits per heavy atom. The molecule has 3 aliphatic rings. The third-order valence-corrected chi connectivity index (χ3v) is 6.78. The van der Waals surface area contributed by atoms with E-state index in [1.165, 1.54) is 19.3 Å². The van der Waals surface area contributed by atoms with Gasteiger partial charge in [0.2, 0.25) is 0 Å². The van der Waals surface area contributed by atoms with E-state index in [9.17, 15) is 4.39 Å². The molecule has 3 rings (SSSR count). The van der Waals surface area contributed by atoms with Crippen molar-refractivity contribution in [2.45, 2.75) is 72.3 Å². The minimum absolute atomic E-state index is 0.143. The SMILES string of the molecule is CCCC1C=CC(C2CCNC2C2CCC(F)=C(C)C2)=CC1C(C)C. The Hall–Kier alpha value is -0.890. The summed E-state index contributed by atoms with van der Waals surface area (Å²) < 4.78 is 13.8. The first kappa shape index (κ1) is 18.9. The number of halogens is 1. The average molecular weight is 346 g/mol. The lowest BCUT2D eigenvalue weighted by molar-refractivity contribution is 0.290. The fourth-order valence-corrected chi connectivity index (χ4v) is 5.36. The highest BCUT2D eigenvalue weighted by molar-refractivity contribution is 5.31. The number of hydrogen-bond donors (Lipinski definition) is 1. The molecule has 2 aliphatic carbocycles. The summed E-state index contributed by atoms with van der Waals surface area (Å²) >= 11 is 0. The smallest absolute Gasteiger partial charge is 0.0989 e. The highest BCUT2D eigenvalue weighted by Crippen LogP contribution is 2.41. The van der Waals surface area contributed by atoms with Crippen molar-refractivity contribution in [3.63, 3.8) is 0 Å². The Labute approximate surface area is 153 Å². The average Bonchev–Trinajstić information content (AvgIpc) is 3.07. The molecule has 0 aromatic carbocycles. The lowest BCUT2D eigenvalue weighted by Gasteiger charge is -2.35. The van der Waals surface area contributed by atoms with Gasteiger partial charge in [-0.2, -0.15) is 0 Å². The summed E-state index contributed by atoms with van der Waals surface area (Å²) in [4.78, 5) is 0. The van der Waals surface area contributed by atoms with Crippen molar-refractivity contribution in [3.05, 3.63) is 35.2 Å². The van der Waals surface area contributed by atoms with Crippen LogP contribution in [0.4, 0.5) is 4.39 Å². The van der Waals surface area contributed by atoms with Crippen LogP contribution in [-0.4, -0.2) is 12.6 Å². The minimum atomic E-state index is 0.143. The predicted octanol–water partition coefficient (Wildman–Crippen LogP) is 6.19. The molecule has 0 bridgehead atoms. The molecule has 0 spiro atoms. The standard InChI is InChI=1S/C23H36FN/c1-5-6-17-7-8-18(14-21(17)15(2)3)20-11-12-25-23(20)19-9-10-22(24)16(4)13-19/h7-8,14-15,17,19-21,23,25H,5-6,9-13H2,1-4H3. The third kappa shape index (κ3) is 4.10. The molecule has 1 saturated heterocycles. The van der Waals surface area contributed by atoms with Crippen molar-refractivity contribution in [2.24, 2.45) is 29.6 Å². The van der Waals surface area contributed by atoms with Crippen LogP contribution in [-0.2, 0) is 0 Å². The molecular formula is C23H36FN. The van der Waals surface area contributed by atoms with E-state index in [1.54, 1.807) is 5.57 Å². The summed E-state index contributed by atoms with van der Waals surface area (Å²) in [6.07, 6.45) is 13.9. The van der Waals surface area contributed by atoms with Gasteiger partial charge in [-0.25, -0.2) is 4.39 Å². The molecule has 1 aliphatic heterocycles. The monoisotopic (exact) mass is 345 g/mol. The molecule has 0 amide bonds. The van der Waals surface area contributed by atoms with E-state index in [4.69, 9.17) is 0 Å². The maximum Gasteiger partial charge on any atom is 0.0989 e. The van der Waals surface area contributed by atoms with Crippen molar-refractivity contribution < 1.29 is 4.39 Å². The summed E-state index contributed by atoms with van der Waals surface area (Å²) in [7, 11) is 0. The van der Waals surface area contributed by atoms with Crippen LogP contribution in [0.15, 0.2) is 35.2 Å². The molecular weight excluding hydrogens is 309 g/mol. The van der Waals surface area contributed by atoms with Crippen LogP contribution < -0.4 is 5.32 Å². The van der Waals surface area contributed by atoms with Crippen molar-refractivity contribution in [1.29, 1.82) is 0 Å². The van der Waals surface area contributed by atoms with Gasteiger partial charge in [0.1, 0.15) is 0 Å². The normalized spacial score (nSPS) is 36.2. The molecule has 1 N–H and O–H groups in total. The molecule has 0 radical (unpaired) electrons. The Balaban J connectivity index is 1.76. The van der Waals surface area contributed by atoms with Gasteiger partial charge < -0.3 is 5.32 Å². The summed E-state index contributed by atoms with van der Waals surface area (Å²) in [5.74, 6) is 3.41. The van der Waals surface area contributed by atoms with Gasteiger partial charge in [-0.1, -0.05) is 45.4 Å². The highest BCUT2D eigenvalue weighted by atomic mass is 19.1. The Bertz CT molecular complexity index is 556. The van der Waals surface area contributed by atoms with Crippen LogP contribution in [0.25, 0.3) is 0 Å². The van der Waals surface area contributed by atoms with Gasteiger partial charge in [-0.15, -0.1) is 0 Å². The van der Waals surface area contributed by atoms with E-state index in [1.807, 2.05) is 6.92 Å². The number of rotatable bonds is 5. The van der Waals surface area contributed by atoms with Gasteiger partial charge in [0.25, 0.3) is 0 Å². The maximum absolute atomic E-state index is 13.8. The van der Waals surface area contributed by atoms with Crippen LogP contribution in [0.5, 0.6) is 0 Å². The fourth-order valence-electron chi connectivity index (χ4n) is 5.36. The van der Waals surface area contributed by atoms with E-state index in [2.05, 4.69) is 44.3 Å². The second-order valence-corrected chi connectivity index (χ2v) is 8.86. The van der Waals surface area contributed by atoms with E-state index >= 15 is 0 Å². The molecule has 1 heterocycles. The highest BCUT2D eigenvalue weighted by Gasteiger charge is 2.37. The topological polar surface area (TPSA) is 12.0 Å². The predicted molar refractivity (Wildman–Crippen MR) is 105 cm³/mol. The van der Waals surface area contributed by atoms with Gasteiger partial charge in [0, 0.05) is 12.0 Å². The van der Waals surface area contributed by atoms with Gasteiger partial charge >= 0.3 is 0 Å². The van der Waals surface area contributed by atoms with E-state index in [0.717, 1.165) is 25.0 Å². The Morgan fingerprint density at radius 3 is 2.76 bits per heavy atom. The first-order chi connectivity index (χ1) is 12.0. The molecule has 5 atom stereocenters. The van der Waals surface area contributed by atoms with Gasteiger partial charge in [0.15, 0.2) is 0 Å². The second-order valence-electron chi connectivity index (χ2n) is 8.86. The van der Waals surface area contributed by atoms with Crippen molar-refractivity contribution in [3.8, 4) is 0 Å². The zero-order chi connectivity index (χ0) is 18.0. The number of hydrogen-bond acceptors (Lipinski definition) is 1.